The van der Waals surface area contributed by atoms with E-state index in [1.165, 1.54) is 6.20 Å². The Bertz CT molecular complexity index is 499. The first-order valence-corrected chi connectivity index (χ1v) is 6.05. The molecule has 0 fully saturated rings. The van der Waals surface area contributed by atoms with Gasteiger partial charge in [-0.05, 0) is 29.9 Å². The molecule has 0 bridgehead atoms. The smallest absolute Gasteiger partial charge is 0.294 e. The third-order valence-corrected chi connectivity index (χ3v) is 3.78. The molecule has 5 nitrogen and oxygen atoms in total. The lowest BCUT2D eigenvalue weighted by molar-refractivity contribution is -0.385. The highest BCUT2D eigenvalue weighted by molar-refractivity contribution is 5.73. The number of hydrogen-bond donors (Lipinski definition) is 1. The molecular formula is C13H17N3O2. The summed E-state index contributed by atoms with van der Waals surface area (Å²) in [5.74, 6) is 0.822. The van der Waals surface area contributed by atoms with E-state index in [2.05, 4.69) is 18.8 Å². The first-order chi connectivity index (χ1) is 8.50. The second-order valence-electron chi connectivity index (χ2n) is 4.96. The van der Waals surface area contributed by atoms with Crippen LogP contribution in [0.4, 0.5) is 5.69 Å². The monoisotopic (exact) mass is 247 g/mol. The van der Waals surface area contributed by atoms with E-state index in [1.54, 1.807) is 12.3 Å². The van der Waals surface area contributed by atoms with Crippen molar-refractivity contribution in [3.05, 3.63) is 40.2 Å². The second-order valence-corrected chi connectivity index (χ2v) is 4.96. The van der Waals surface area contributed by atoms with Gasteiger partial charge in [-0.2, -0.15) is 0 Å². The number of aromatic nitrogens is 1. The molecular weight excluding hydrogens is 230 g/mol. The van der Waals surface area contributed by atoms with Crippen LogP contribution in [-0.4, -0.2) is 15.9 Å². The Morgan fingerprint density at radius 1 is 1.50 bits per heavy atom. The molecule has 0 unspecified atom stereocenters. The van der Waals surface area contributed by atoms with Crippen LogP contribution in [0.1, 0.15) is 25.8 Å². The van der Waals surface area contributed by atoms with Gasteiger partial charge in [-0.15, -0.1) is 0 Å². The fraction of sp³-hybridized carbons (Fsp3) is 0.462. The molecule has 2 rings (SSSR count). The molecule has 0 aliphatic heterocycles. The molecule has 5 heteroatoms. The van der Waals surface area contributed by atoms with Crippen LogP contribution in [-0.2, 0) is 0 Å². The maximum atomic E-state index is 11.0. The second kappa shape index (κ2) is 4.86. The molecule has 1 heterocycles. The summed E-state index contributed by atoms with van der Waals surface area (Å²) < 4.78 is 0. The lowest BCUT2D eigenvalue weighted by Crippen LogP contribution is -2.33. The van der Waals surface area contributed by atoms with Crippen molar-refractivity contribution in [1.29, 1.82) is 0 Å². The number of nitro groups is 1. The number of pyridine rings is 1. The van der Waals surface area contributed by atoms with E-state index in [1.807, 2.05) is 6.08 Å². The van der Waals surface area contributed by atoms with Gasteiger partial charge >= 0.3 is 0 Å². The fourth-order valence-electron chi connectivity index (χ4n) is 2.37. The van der Waals surface area contributed by atoms with Crippen LogP contribution in [0.25, 0.3) is 5.57 Å². The fourth-order valence-corrected chi connectivity index (χ4v) is 2.37. The van der Waals surface area contributed by atoms with E-state index in [4.69, 9.17) is 5.73 Å². The Labute approximate surface area is 106 Å². The molecule has 0 radical (unpaired) electrons. The minimum absolute atomic E-state index is 0.0449. The van der Waals surface area contributed by atoms with Crippen molar-refractivity contribution in [3.63, 3.8) is 0 Å². The van der Waals surface area contributed by atoms with E-state index < -0.39 is 4.92 Å². The summed E-state index contributed by atoms with van der Waals surface area (Å²) in [5, 5.41) is 11.0. The van der Waals surface area contributed by atoms with Crippen LogP contribution >= 0.6 is 0 Å². The quantitative estimate of drug-likeness (QED) is 0.642. The molecule has 0 amide bonds. The predicted molar refractivity (Wildman–Crippen MR) is 69.8 cm³/mol. The number of nitrogens with zero attached hydrogens (tertiary/aromatic N) is 2. The van der Waals surface area contributed by atoms with Gasteiger partial charge in [0, 0.05) is 12.2 Å². The molecule has 0 saturated carbocycles. The van der Waals surface area contributed by atoms with Crippen LogP contribution in [0.3, 0.4) is 0 Å². The van der Waals surface area contributed by atoms with Gasteiger partial charge in [0.15, 0.2) is 0 Å². The highest BCUT2D eigenvalue weighted by Crippen LogP contribution is 2.36. The Morgan fingerprint density at radius 2 is 2.22 bits per heavy atom. The molecule has 96 valence electrons. The average molecular weight is 247 g/mol. The van der Waals surface area contributed by atoms with Crippen molar-refractivity contribution < 1.29 is 4.92 Å². The predicted octanol–water partition coefficient (Wildman–Crippen LogP) is 2.38. The van der Waals surface area contributed by atoms with Crippen LogP contribution in [0, 0.1) is 22.0 Å². The van der Waals surface area contributed by atoms with Gasteiger partial charge in [0.1, 0.15) is 6.20 Å². The Kier molecular flexibility index (Phi) is 3.43. The van der Waals surface area contributed by atoms with Crippen LogP contribution in [0.15, 0.2) is 24.5 Å². The molecule has 3 atom stereocenters. The van der Waals surface area contributed by atoms with E-state index in [0.29, 0.717) is 17.4 Å². The maximum absolute atomic E-state index is 11.0. The minimum Gasteiger partial charge on any atom is -0.324 e. The van der Waals surface area contributed by atoms with Crippen molar-refractivity contribution in [2.24, 2.45) is 17.6 Å². The molecule has 0 aromatic carbocycles. The van der Waals surface area contributed by atoms with Crippen molar-refractivity contribution in [2.75, 3.05) is 0 Å². The normalized spacial score (nSPS) is 27.7. The molecule has 2 N–H and O–H groups in total. The molecule has 1 aliphatic rings. The summed E-state index contributed by atoms with van der Waals surface area (Å²) in [4.78, 5) is 14.4. The molecule has 1 aliphatic carbocycles. The van der Waals surface area contributed by atoms with E-state index >= 15 is 0 Å². The van der Waals surface area contributed by atoms with Crippen molar-refractivity contribution in [2.45, 2.75) is 26.3 Å². The average Bonchev–Trinajstić information content (AvgIpc) is 2.35. The molecule has 1 aromatic heterocycles. The highest BCUT2D eigenvalue weighted by Gasteiger charge is 2.28. The van der Waals surface area contributed by atoms with Gasteiger partial charge in [0.2, 0.25) is 0 Å². The van der Waals surface area contributed by atoms with E-state index in [0.717, 1.165) is 12.0 Å². The Morgan fingerprint density at radius 3 is 2.83 bits per heavy atom. The lowest BCUT2D eigenvalue weighted by Gasteiger charge is -2.30. The standard InChI is InChI=1S/C13H17N3O2/c1-8-5-10(6-12(14)9(8)2)11-3-4-15-7-13(11)16(17)18/h3-4,6-9,12H,5,14H2,1-2H3/t8-,9+,12+/m1/s1. The summed E-state index contributed by atoms with van der Waals surface area (Å²) in [6, 6.07) is 1.65. The van der Waals surface area contributed by atoms with Crippen molar-refractivity contribution in [3.8, 4) is 0 Å². The number of nitrogens with two attached hydrogens (primary N) is 1. The van der Waals surface area contributed by atoms with Crippen LogP contribution < -0.4 is 5.73 Å². The first kappa shape index (κ1) is 12.7. The Hall–Kier alpha value is -1.75. The Balaban J connectivity index is 2.44. The minimum atomic E-state index is -0.391. The highest BCUT2D eigenvalue weighted by atomic mass is 16.6. The van der Waals surface area contributed by atoms with Crippen LogP contribution in [0.5, 0.6) is 0 Å². The largest absolute Gasteiger partial charge is 0.324 e. The van der Waals surface area contributed by atoms with Gasteiger partial charge in [-0.1, -0.05) is 19.9 Å². The summed E-state index contributed by atoms with van der Waals surface area (Å²) in [6.07, 6.45) is 5.65. The topological polar surface area (TPSA) is 82.0 Å². The van der Waals surface area contributed by atoms with Gasteiger partial charge < -0.3 is 5.73 Å². The zero-order chi connectivity index (χ0) is 13.3. The lowest BCUT2D eigenvalue weighted by atomic mass is 9.77. The SMILES string of the molecule is C[C@H]1[C@H](C)CC(c2ccncc2[N+](=O)[O-])=C[C@@H]1N. The maximum Gasteiger partial charge on any atom is 0.294 e. The number of hydrogen-bond acceptors (Lipinski definition) is 4. The third kappa shape index (κ3) is 2.26. The summed E-state index contributed by atoms with van der Waals surface area (Å²) in [6.45, 7) is 4.24. The molecule has 1 aromatic rings. The van der Waals surface area contributed by atoms with Gasteiger partial charge in [-0.3, -0.25) is 15.1 Å². The number of allylic oxidation sites excluding steroid dienone is 1. The third-order valence-electron chi connectivity index (χ3n) is 3.78. The van der Waals surface area contributed by atoms with Gasteiger partial charge in [0.25, 0.3) is 5.69 Å². The summed E-state index contributed by atoms with van der Waals surface area (Å²) in [5.41, 5.74) is 7.72. The number of rotatable bonds is 2. The van der Waals surface area contributed by atoms with E-state index in [9.17, 15) is 10.1 Å². The zero-order valence-electron chi connectivity index (χ0n) is 10.5. The van der Waals surface area contributed by atoms with Gasteiger partial charge in [0.05, 0.1) is 10.5 Å². The van der Waals surface area contributed by atoms with Crippen molar-refractivity contribution in [1.82, 2.24) is 4.98 Å². The van der Waals surface area contributed by atoms with E-state index in [-0.39, 0.29) is 11.7 Å². The first-order valence-electron chi connectivity index (χ1n) is 6.05. The molecule has 0 saturated heterocycles. The summed E-state index contributed by atoms with van der Waals surface area (Å²) >= 11 is 0. The zero-order valence-corrected chi connectivity index (χ0v) is 10.5. The van der Waals surface area contributed by atoms with Gasteiger partial charge in [-0.25, -0.2) is 0 Å². The molecule has 18 heavy (non-hydrogen) atoms. The van der Waals surface area contributed by atoms with Crippen molar-refractivity contribution >= 4 is 11.3 Å². The van der Waals surface area contributed by atoms with Crippen LogP contribution in [0.2, 0.25) is 0 Å². The summed E-state index contributed by atoms with van der Waals surface area (Å²) in [7, 11) is 0. The molecule has 0 spiro atoms.